The maximum atomic E-state index is 12.1. The lowest BCUT2D eigenvalue weighted by atomic mass is 10.1. The number of nitrogens with one attached hydrogen (secondary N) is 2. The van der Waals surface area contributed by atoms with E-state index in [-0.39, 0.29) is 5.91 Å². The molecule has 1 aliphatic rings. The predicted molar refractivity (Wildman–Crippen MR) is 123 cm³/mol. The maximum absolute atomic E-state index is 12.1. The first kappa shape index (κ1) is 20.7. The first-order valence-electron chi connectivity index (χ1n) is 10.2. The fourth-order valence-electron chi connectivity index (χ4n) is 3.64. The van der Waals surface area contributed by atoms with Gasteiger partial charge in [-0.05, 0) is 38.2 Å². The molecule has 0 saturated carbocycles. The molecule has 9 nitrogen and oxygen atoms in total. The number of piperazine rings is 1. The van der Waals surface area contributed by atoms with Crippen LogP contribution in [-0.4, -0.2) is 65.7 Å². The van der Waals surface area contributed by atoms with Crippen molar-refractivity contribution in [2.75, 3.05) is 55.9 Å². The second-order valence-corrected chi connectivity index (χ2v) is 7.57. The van der Waals surface area contributed by atoms with Gasteiger partial charge in [-0.1, -0.05) is 6.58 Å². The average molecular weight is 422 g/mol. The third-order valence-corrected chi connectivity index (χ3v) is 5.44. The summed E-state index contributed by atoms with van der Waals surface area (Å²) in [5, 5.41) is 10.7. The summed E-state index contributed by atoms with van der Waals surface area (Å²) >= 11 is 0. The van der Waals surface area contributed by atoms with Gasteiger partial charge in [-0.15, -0.1) is 5.10 Å². The molecule has 0 atom stereocenters. The molecule has 0 radical (unpaired) electrons. The Morgan fingerprint density at radius 2 is 1.97 bits per heavy atom. The van der Waals surface area contributed by atoms with Gasteiger partial charge in [0.15, 0.2) is 0 Å². The van der Waals surface area contributed by atoms with Crippen molar-refractivity contribution in [1.29, 1.82) is 0 Å². The van der Waals surface area contributed by atoms with Crippen molar-refractivity contribution in [3.63, 3.8) is 0 Å². The van der Waals surface area contributed by atoms with E-state index >= 15 is 0 Å². The zero-order chi connectivity index (χ0) is 22.0. The number of nitrogens with zero attached hydrogens (tertiary/aromatic N) is 5. The minimum Gasteiger partial charge on any atom is -0.494 e. The van der Waals surface area contributed by atoms with Gasteiger partial charge in [0.25, 0.3) is 0 Å². The number of anilines is 4. The van der Waals surface area contributed by atoms with Crippen LogP contribution in [0.25, 0.3) is 5.52 Å². The van der Waals surface area contributed by atoms with Crippen LogP contribution >= 0.6 is 0 Å². The summed E-state index contributed by atoms with van der Waals surface area (Å²) in [5.41, 5.74) is 4.17. The molecule has 0 aliphatic carbocycles. The van der Waals surface area contributed by atoms with Crippen LogP contribution in [0.4, 0.5) is 23.0 Å². The SMILES string of the molecule is C=CC(=O)Nc1cc(Nc2ncc3ccc(C)n3n2)c(OC)cc1N1CCN(C)CC1. The Kier molecular flexibility index (Phi) is 5.77. The van der Waals surface area contributed by atoms with Gasteiger partial charge in [-0.25, -0.2) is 9.50 Å². The van der Waals surface area contributed by atoms with Gasteiger partial charge in [0.2, 0.25) is 11.9 Å². The highest BCUT2D eigenvalue weighted by Gasteiger charge is 2.21. The van der Waals surface area contributed by atoms with Crippen molar-refractivity contribution in [3.8, 4) is 5.75 Å². The highest BCUT2D eigenvalue weighted by molar-refractivity contribution is 6.02. The minimum absolute atomic E-state index is 0.271. The highest BCUT2D eigenvalue weighted by atomic mass is 16.5. The summed E-state index contributed by atoms with van der Waals surface area (Å²) in [6.07, 6.45) is 3.02. The number of rotatable bonds is 6. The van der Waals surface area contributed by atoms with Gasteiger partial charge in [0.05, 0.1) is 35.9 Å². The number of fused-ring (bicyclic) bond motifs is 1. The van der Waals surface area contributed by atoms with Crippen LogP contribution in [0.5, 0.6) is 5.75 Å². The zero-order valence-corrected chi connectivity index (χ0v) is 18.1. The second kappa shape index (κ2) is 8.65. The van der Waals surface area contributed by atoms with E-state index in [0.717, 1.165) is 43.1 Å². The van der Waals surface area contributed by atoms with Crippen LogP contribution in [0.2, 0.25) is 0 Å². The second-order valence-electron chi connectivity index (χ2n) is 7.57. The molecule has 1 amide bonds. The normalized spacial score (nSPS) is 14.5. The molecule has 1 aliphatic heterocycles. The van der Waals surface area contributed by atoms with Crippen LogP contribution in [0, 0.1) is 6.92 Å². The zero-order valence-electron chi connectivity index (χ0n) is 18.1. The summed E-state index contributed by atoms with van der Waals surface area (Å²) in [6.45, 7) is 9.16. The molecule has 2 aromatic heterocycles. The van der Waals surface area contributed by atoms with Crippen molar-refractivity contribution in [3.05, 3.63) is 48.8 Å². The Bertz CT molecular complexity index is 1120. The van der Waals surface area contributed by atoms with Crippen molar-refractivity contribution in [1.82, 2.24) is 19.5 Å². The van der Waals surface area contributed by atoms with E-state index in [1.807, 2.05) is 35.7 Å². The van der Waals surface area contributed by atoms with Crippen molar-refractivity contribution in [2.45, 2.75) is 6.92 Å². The maximum Gasteiger partial charge on any atom is 0.247 e. The molecule has 3 aromatic rings. The number of hydrogen-bond acceptors (Lipinski definition) is 7. The molecule has 1 aromatic carbocycles. The number of carbonyl (C=O) groups is 1. The fraction of sp³-hybridized carbons (Fsp3) is 0.318. The lowest BCUT2D eigenvalue weighted by molar-refractivity contribution is -0.111. The molecule has 31 heavy (non-hydrogen) atoms. The third-order valence-electron chi connectivity index (χ3n) is 5.44. The van der Waals surface area contributed by atoms with Gasteiger partial charge in [-0.2, -0.15) is 0 Å². The predicted octanol–water partition coefficient (Wildman–Crippen LogP) is 2.67. The summed E-state index contributed by atoms with van der Waals surface area (Å²) in [6, 6.07) is 7.74. The van der Waals surface area contributed by atoms with E-state index in [0.29, 0.717) is 23.1 Å². The first-order valence-corrected chi connectivity index (χ1v) is 10.2. The van der Waals surface area contributed by atoms with Gasteiger partial charge in [-0.3, -0.25) is 4.79 Å². The largest absolute Gasteiger partial charge is 0.494 e. The molecule has 162 valence electrons. The van der Waals surface area contributed by atoms with Crippen molar-refractivity contribution >= 4 is 34.4 Å². The fourth-order valence-corrected chi connectivity index (χ4v) is 3.64. The number of methoxy groups -OCH3 is 1. The number of amides is 1. The van der Waals surface area contributed by atoms with E-state index in [9.17, 15) is 4.79 Å². The molecule has 0 unspecified atom stereocenters. The monoisotopic (exact) mass is 421 g/mol. The van der Waals surface area contributed by atoms with Gasteiger partial charge < -0.3 is 25.2 Å². The Labute approximate surface area is 181 Å². The minimum atomic E-state index is -0.271. The van der Waals surface area contributed by atoms with E-state index < -0.39 is 0 Å². The quantitative estimate of drug-likeness (QED) is 0.592. The summed E-state index contributed by atoms with van der Waals surface area (Å²) in [4.78, 5) is 21.0. The average Bonchev–Trinajstić information content (AvgIpc) is 3.15. The molecule has 3 heterocycles. The molecule has 1 fully saturated rings. The number of hydrogen-bond donors (Lipinski definition) is 2. The molecule has 4 rings (SSSR count). The van der Waals surface area contributed by atoms with Gasteiger partial charge in [0, 0.05) is 37.9 Å². The van der Waals surface area contributed by atoms with Crippen LogP contribution < -0.4 is 20.3 Å². The van der Waals surface area contributed by atoms with Crippen LogP contribution in [0.15, 0.2) is 43.1 Å². The molecular formula is C22H27N7O2. The van der Waals surface area contributed by atoms with E-state index in [1.54, 1.807) is 13.3 Å². The van der Waals surface area contributed by atoms with Crippen LogP contribution in [-0.2, 0) is 4.79 Å². The first-order chi connectivity index (χ1) is 15.0. The molecule has 9 heteroatoms. The molecule has 2 N–H and O–H groups in total. The lowest BCUT2D eigenvalue weighted by Crippen LogP contribution is -2.44. The third kappa shape index (κ3) is 4.31. The summed E-state index contributed by atoms with van der Waals surface area (Å²) in [7, 11) is 3.73. The Balaban J connectivity index is 1.72. The van der Waals surface area contributed by atoms with E-state index in [4.69, 9.17) is 4.74 Å². The van der Waals surface area contributed by atoms with Crippen molar-refractivity contribution < 1.29 is 9.53 Å². The van der Waals surface area contributed by atoms with Gasteiger partial charge >= 0.3 is 0 Å². The Morgan fingerprint density at radius 1 is 1.19 bits per heavy atom. The molecule has 0 bridgehead atoms. The topological polar surface area (TPSA) is 87.0 Å². The number of aromatic nitrogens is 3. The number of benzene rings is 1. The molecular weight excluding hydrogens is 394 g/mol. The Morgan fingerprint density at radius 3 is 2.68 bits per heavy atom. The Hall–Kier alpha value is -3.59. The smallest absolute Gasteiger partial charge is 0.247 e. The summed E-state index contributed by atoms with van der Waals surface area (Å²) in [5.74, 6) is 0.795. The van der Waals surface area contributed by atoms with Gasteiger partial charge in [0.1, 0.15) is 5.75 Å². The molecule has 1 saturated heterocycles. The highest BCUT2D eigenvalue weighted by Crippen LogP contribution is 2.38. The number of aryl methyl sites for hydroxylation is 1. The van der Waals surface area contributed by atoms with Crippen molar-refractivity contribution in [2.24, 2.45) is 0 Å². The van der Waals surface area contributed by atoms with E-state index in [1.165, 1.54) is 6.08 Å². The number of likely N-dealkylation sites (N-methyl/N-ethyl adjacent to an activating group) is 1. The summed E-state index contributed by atoms with van der Waals surface area (Å²) < 4.78 is 7.48. The lowest BCUT2D eigenvalue weighted by Gasteiger charge is -2.35. The van der Waals surface area contributed by atoms with E-state index in [2.05, 4.69) is 44.1 Å². The molecule has 0 spiro atoms. The van der Waals surface area contributed by atoms with Crippen LogP contribution in [0.3, 0.4) is 0 Å². The standard InChI is InChI=1S/C22H27N7O2/c1-5-21(30)24-17-12-18(25-22-23-14-16-7-6-15(2)29(16)26-22)20(31-4)13-19(17)28-10-8-27(3)9-11-28/h5-7,12-14H,1,8-11H2,2-4H3,(H,24,30)(H,25,26). The number of carbonyl (C=O) groups excluding carboxylic acids is 1. The number of ether oxygens (including phenoxy) is 1. The van der Waals surface area contributed by atoms with Crippen LogP contribution in [0.1, 0.15) is 5.69 Å².